The lowest BCUT2D eigenvalue weighted by molar-refractivity contribution is -0.116. The molecule has 2 aromatic carbocycles. The van der Waals surface area contributed by atoms with Crippen LogP contribution < -0.4 is 22.0 Å². The molecule has 1 amide bonds. The lowest BCUT2D eigenvalue weighted by Gasteiger charge is -2.32. The number of hydrogen-bond acceptors (Lipinski definition) is 9. The molecule has 46 heavy (non-hydrogen) atoms. The van der Waals surface area contributed by atoms with Crippen LogP contribution in [0, 0.1) is 0 Å². The number of nitrogens with two attached hydrogens (primary N) is 1. The maximum atomic E-state index is 11.7. The largest absolute Gasteiger partial charge is 0.494 e. The second-order valence-electron chi connectivity index (χ2n) is 13.8. The van der Waals surface area contributed by atoms with Crippen molar-refractivity contribution in [3.63, 3.8) is 0 Å². The Morgan fingerprint density at radius 3 is 1.28 bits per heavy atom. The van der Waals surface area contributed by atoms with Gasteiger partial charge < -0.3 is 39.5 Å². The number of benzene rings is 2. The minimum absolute atomic E-state index is 0. The standard InChI is InChI=1S/C16H25BN2O3.C12H18BNO2.C4H8ClNO.CH4/c1-15(2)16(3,4)22-17(21-15)12-7-9-13(10-8-12)18-14(20)11-19(5)6;1-11(2)12(3,4)16-13(15-11)9-5-7-10(14)8-6-9;1-6(2)3-4(5)7;/h7-10H,11H2,1-6H3,(H,18,20);5-8H,14H2,1-4H3;3H2,1-2H3;1H4. The summed E-state index contributed by atoms with van der Waals surface area (Å²) < 4.78 is 23.9. The van der Waals surface area contributed by atoms with Gasteiger partial charge in [0.15, 0.2) is 0 Å². The molecule has 2 aliphatic heterocycles. The van der Waals surface area contributed by atoms with Gasteiger partial charge in [0.1, 0.15) is 0 Å². The summed E-state index contributed by atoms with van der Waals surface area (Å²) in [5, 5.41) is 2.55. The number of likely N-dealkylation sites (N-methyl/N-ethyl adjacent to an activating group) is 2. The average molecular weight is 661 g/mol. The van der Waals surface area contributed by atoms with Gasteiger partial charge in [0.25, 0.3) is 0 Å². The van der Waals surface area contributed by atoms with E-state index < -0.39 is 0 Å². The first-order valence-corrected chi connectivity index (χ1v) is 15.4. The summed E-state index contributed by atoms with van der Waals surface area (Å²) in [6.07, 6.45) is 0. The highest BCUT2D eigenvalue weighted by Crippen LogP contribution is 2.37. The van der Waals surface area contributed by atoms with E-state index in [0.29, 0.717) is 13.1 Å². The molecular weight excluding hydrogens is 605 g/mol. The molecule has 0 radical (unpaired) electrons. The molecule has 0 aliphatic carbocycles. The van der Waals surface area contributed by atoms with E-state index in [1.807, 2.05) is 123 Å². The first kappa shape index (κ1) is 41.6. The summed E-state index contributed by atoms with van der Waals surface area (Å²) in [6, 6.07) is 15.2. The van der Waals surface area contributed by atoms with Crippen molar-refractivity contribution in [3.05, 3.63) is 48.5 Å². The first-order valence-electron chi connectivity index (χ1n) is 15.0. The predicted molar refractivity (Wildman–Crippen MR) is 192 cm³/mol. The molecule has 2 aromatic rings. The van der Waals surface area contributed by atoms with E-state index in [1.165, 1.54) is 0 Å². The topological polar surface area (TPSA) is 116 Å². The SMILES string of the molecule is C.CC1(C)OB(c2ccc(N)cc2)OC1(C)C.CN(C)CC(=O)Cl.CN(C)CC(=O)Nc1ccc(B2OC(C)(C)C(C)(C)O2)cc1. The third-order valence-corrected chi connectivity index (χ3v) is 8.20. The molecule has 3 N–H and O–H groups in total. The zero-order valence-corrected chi connectivity index (χ0v) is 29.7. The Balaban J connectivity index is 0.000000386. The summed E-state index contributed by atoms with van der Waals surface area (Å²) in [5.74, 6) is -0.0339. The van der Waals surface area contributed by atoms with E-state index in [0.717, 1.165) is 22.3 Å². The highest BCUT2D eigenvalue weighted by Gasteiger charge is 2.52. The maximum Gasteiger partial charge on any atom is 0.494 e. The van der Waals surface area contributed by atoms with E-state index in [1.54, 1.807) is 19.0 Å². The van der Waals surface area contributed by atoms with Crippen LogP contribution in [0.4, 0.5) is 11.4 Å². The van der Waals surface area contributed by atoms with Gasteiger partial charge in [-0.2, -0.15) is 0 Å². The van der Waals surface area contributed by atoms with Crippen molar-refractivity contribution in [3.8, 4) is 0 Å². The molecule has 0 saturated carbocycles. The molecule has 2 fully saturated rings. The van der Waals surface area contributed by atoms with Gasteiger partial charge in [-0.15, -0.1) is 0 Å². The van der Waals surface area contributed by atoms with Crippen LogP contribution in [0.3, 0.4) is 0 Å². The van der Waals surface area contributed by atoms with Crippen molar-refractivity contribution >= 4 is 59.3 Å². The van der Waals surface area contributed by atoms with Crippen LogP contribution in [-0.4, -0.2) is 98.9 Å². The van der Waals surface area contributed by atoms with Gasteiger partial charge in [0, 0.05) is 11.4 Å². The minimum Gasteiger partial charge on any atom is -0.399 e. The van der Waals surface area contributed by atoms with Crippen molar-refractivity contribution in [2.24, 2.45) is 0 Å². The fourth-order valence-corrected chi connectivity index (χ4v) is 4.31. The van der Waals surface area contributed by atoms with Gasteiger partial charge >= 0.3 is 14.2 Å². The molecule has 0 bridgehead atoms. The number of anilines is 2. The Morgan fingerprint density at radius 1 is 0.674 bits per heavy atom. The molecule has 0 aromatic heterocycles. The fraction of sp³-hybridized carbons (Fsp3) is 0.576. The van der Waals surface area contributed by atoms with Crippen LogP contribution in [0.15, 0.2) is 48.5 Å². The molecule has 2 saturated heterocycles. The Kier molecular flexibility index (Phi) is 15.0. The van der Waals surface area contributed by atoms with E-state index in [4.69, 9.17) is 36.0 Å². The number of carbonyl (C=O) groups excluding carboxylic acids is 2. The number of carbonyl (C=O) groups is 2. The zero-order chi connectivity index (χ0) is 34.4. The Labute approximate surface area is 282 Å². The molecular formula is C33H55B2ClN4O6. The van der Waals surface area contributed by atoms with Crippen LogP contribution in [0.25, 0.3) is 0 Å². The summed E-state index contributed by atoms with van der Waals surface area (Å²) >= 11 is 4.99. The molecule has 2 aliphatic rings. The van der Waals surface area contributed by atoms with Gasteiger partial charge in [-0.1, -0.05) is 31.7 Å². The number of halogens is 1. The highest BCUT2D eigenvalue weighted by molar-refractivity contribution is 6.64. The second-order valence-corrected chi connectivity index (χ2v) is 14.3. The van der Waals surface area contributed by atoms with Crippen molar-refractivity contribution in [2.45, 2.75) is 85.2 Å². The normalized spacial score (nSPS) is 18.6. The van der Waals surface area contributed by atoms with Crippen LogP contribution in [-0.2, 0) is 28.2 Å². The van der Waals surface area contributed by atoms with Crippen LogP contribution in [0.5, 0.6) is 0 Å². The highest BCUT2D eigenvalue weighted by atomic mass is 35.5. The number of nitrogen functional groups attached to an aromatic ring is 1. The predicted octanol–water partition coefficient (Wildman–Crippen LogP) is 4.00. The van der Waals surface area contributed by atoms with Crippen LogP contribution in [0.2, 0.25) is 0 Å². The molecule has 4 rings (SSSR count). The minimum atomic E-state index is -0.378. The number of amides is 1. The zero-order valence-electron chi connectivity index (χ0n) is 29.0. The van der Waals surface area contributed by atoms with Crippen molar-refractivity contribution < 1.29 is 28.2 Å². The van der Waals surface area contributed by atoms with E-state index in [-0.39, 0.29) is 55.2 Å². The van der Waals surface area contributed by atoms with Crippen LogP contribution in [0.1, 0.15) is 62.8 Å². The molecule has 2 heterocycles. The third kappa shape index (κ3) is 12.0. The van der Waals surface area contributed by atoms with Crippen molar-refractivity contribution in [2.75, 3.05) is 52.3 Å². The number of nitrogens with one attached hydrogen (secondary N) is 1. The maximum absolute atomic E-state index is 11.7. The quantitative estimate of drug-likeness (QED) is 0.258. The van der Waals surface area contributed by atoms with E-state index >= 15 is 0 Å². The number of nitrogens with zero attached hydrogens (tertiary/aromatic N) is 2. The van der Waals surface area contributed by atoms with Crippen molar-refractivity contribution in [1.29, 1.82) is 0 Å². The van der Waals surface area contributed by atoms with Gasteiger partial charge in [0.05, 0.1) is 35.5 Å². The molecule has 0 unspecified atom stereocenters. The summed E-state index contributed by atoms with van der Waals surface area (Å²) in [7, 11) is 6.63. The van der Waals surface area contributed by atoms with Crippen molar-refractivity contribution in [1.82, 2.24) is 9.80 Å². The lowest BCUT2D eigenvalue weighted by atomic mass is 9.79. The average Bonchev–Trinajstić information content (AvgIpc) is 3.23. The number of hydrogen-bond donors (Lipinski definition) is 2. The van der Waals surface area contributed by atoms with Gasteiger partial charge in [-0.25, -0.2) is 0 Å². The van der Waals surface area contributed by atoms with E-state index in [2.05, 4.69) is 5.32 Å². The lowest BCUT2D eigenvalue weighted by Crippen LogP contribution is -2.41. The van der Waals surface area contributed by atoms with Gasteiger partial charge in [-0.3, -0.25) is 9.59 Å². The summed E-state index contributed by atoms with van der Waals surface area (Å²) in [4.78, 5) is 25.3. The second kappa shape index (κ2) is 16.6. The van der Waals surface area contributed by atoms with Gasteiger partial charge in [0.2, 0.25) is 11.1 Å². The molecule has 0 spiro atoms. The smallest absolute Gasteiger partial charge is 0.399 e. The third-order valence-electron chi connectivity index (χ3n) is 8.08. The van der Waals surface area contributed by atoms with Gasteiger partial charge in [-0.05, 0) is 130 Å². The Morgan fingerprint density at radius 2 is 1.00 bits per heavy atom. The van der Waals surface area contributed by atoms with E-state index in [9.17, 15) is 9.59 Å². The molecule has 13 heteroatoms. The molecule has 256 valence electrons. The van der Waals surface area contributed by atoms with Crippen LogP contribution >= 0.6 is 11.6 Å². The Hall–Kier alpha value is -2.44. The fourth-order valence-electron chi connectivity index (χ4n) is 4.07. The Bertz CT molecular complexity index is 1240. The molecule has 10 nitrogen and oxygen atoms in total. The first-order chi connectivity index (χ1) is 20.5. The summed E-state index contributed by atoms with van der Waals surface area (Å²) in [6.45, 7) is 17.0. The summed E-state index contributed by atoms with van der Waals surface area (Å²) in [5.41, 5.74) is 7.84. The monoisotopic (exact) mass is 660 g/mol. The number of rotatable bonds is 7. The molecule has 0 atom stereocenters.